The second kappa shape index (κ2) is 6.61. The maximum Gasteiger partial charge on any atom is 0.328 e. The molecule has 0 radical (unpaired) electrons. The summed E-state index contributed by atoms with van der Waals surface area (Å²) in [5.74, 6) is -0.913. The van der Waals surface area contributed by atoms with Crippen LogP contribution in [0.5, 0.6) is 11.5 Å². The van der Waals surface area contributed by atoms with Gasteiger partial charge in [-0.2, -0.15) is 0 Å². The molecule has 0 fully saturated rings. The largest absolute Gasteiger partial charge is 0.478 e. The minimum atomic E-state index is -1.05. The molecule has 0 saturated carbocycles. The van der Waals surface area contributed by atoms with Gasteiger partial charge in [-0.25, -0.2) is 9.18 Å². The maximum absolute atomic E-state index is 12.9. The van der Waals surface area contributed by atoms with Crippen molar-refractivity contribution in [1.82, 2.24) is 0 Å². The fraction of sp³-hybridized carbons (Fsp3) is 0. The van der Waals surface area contributed by atoms with Crippen LogP contribution in [0.15, 0.2) is 42.5 Å². The monoisotopic (exact) mass is 326 g/mol. The van der Waals surface area contributed by atoms with Crippen molar-refractivity contribution < 1.29 is 19.0 Å². The molecule has 1 N–H and O–H groups in total. The van der Waals surface area contributed by atoms with Gasteiger partial charge in [-0.3, -0.25) is 0 Å². The molecule has 0 amide bonds. The van der Waals surface area contributed by atoms with Crippen LogP contribution < -0.4 is 4.74 Å². The van der Waals surface area contributed by atoms with Gasteiger partial charge < -0.3 is 9.84 Å². The first kappa shape index (κ1) is 15.4. The number of aliphatic carboxylic acids is 1. The number of ether oxygens (including phenoxy) is 1. The molecule has 0 saturated heterocycles. The Morgan fingerprint density at radius 1 is 1.10 bits per heavy atom. The zero-order valence-electron chi connectivity index (χ0n) is 10.5. The molecular weight excluding hydrogens is 318 g/mol. The van der Waals surface area contributed by atoms with Crippen LogP contribution in [-0.2, 0) is 4.79 Å². The van der Waals surface area contributed by atoms with Crippen LogP contribution in [0.2, 0.25) is 10.0 Å². The lowest BCUT2D eigenvalue weighted by Gasteiger charge is -2.09. The molecule has 2 aromatic rings. The second-order valence-corrected chi connectivity index (χ2v) is 4.85. The van der Waals surface area contributed by atoms with Gasteiger partial charge >= 0.3 is 5.97 Å². The smallest absolute Gasteiger partial charge is 0.328 e. The quantitative estimate of drug-likeness (QED) is 0.802. The Morgan fingerprint density at radius 3 is 2.29 bits per heavy atom. The summed E-state index contributed by atoms with van der Waals surface area (Å²) in [6.45, 7) is 0. The van der Waals surface area contributed by atoms with E-state index in [9.17, 15) is 9.18 Å². The van der Waals surface area contributed by atoms with Gasteiger partial charge in [0.1, 0.15) is 17.3 Å². The Balaban J connectivity index is 2.23. The number of benzene rings is 2. The van der Waals surface area contributed by atoms with Crippen LogP contribution in [0.3, 0.4) is 0 Å². The second-order valence-electron chi connectivity index (χ2n) is 4.04. The van der Waals surface area contributed by atoms with Gasteiger partial charge in [0.05, 0.1) is 10.0 Å². The number of carbonyl (C=O) groups is 1. The molecule has 0 heterocycles. The third-order valence-electron chi connectivity index (χ3n) is 2.49. The topological polar surface area (TPSA) is 46.5 Å². The number of carboxylic acid groups (broad SMARTS) is 1. The number of hydrogen-bond donors (Lipinski definition) is 1. The molecule has 2 aromatic carbocycles. The lowest BCUT2D eigenvalue weighted by Crippen LogP contribution is -1.89. The van der Waals surface area contributed by atoms with Crippen LogP contribution in [0.1, 0.15) is 5.56 Å². The van der Waals surface area contributed by atoms with Crippen molar-refractivity contribution in [3.05, 3.63) is 63.9 Å². The Kier molecular flexibility index (Phi) is 4.83. The molecule has 21 heavy (non-hydrogen) atoms. The third-order valence-corrected chi connectivity index (χ3v) is 3.08. The Labute approximate surface area is 130 Å². The Bertz CT molecular complexity index is 714. The van der Waals surface area contributed by atoms with Gasteiger partial charge in [-0.1, -0.05) is 29.3 Å². The lowest BCUT2D eigenvalue weighted by atomic mass is 10.2. The number of halogens is 3. The fourth-order valence-corrected chi connectivity index (χ4v) is 1.98. The molecule has 0 atom stereocenters. The Morgan fingerprint density at radius 2 is 1.71 bits per heavy atom. The predicted octanol–water partition coefficient (Wildman–Crippen LogP) is 5.02. The van der Waals surface area contributed by atoms with Crippen molar-refractivity contribution in [2.45, 2.75) is 0 Å². The van der Waals surface area contributed by atoms with Crippen LogP contribution in [0, 0.1) is 5.82 Å². The zero-order valence-corrected chi connectivity index (χ0v) is 12.0. The first-order valence-electron chi connectivity index (χ1n) is 5.79. The molecule has 3 nitrogen and oxygen atoms in total. The average molecular weight is 327 g/mol. The van der Waals surface area contributed by atoms with Crippen molar-refractivity contribution in [3.8, 4) is 11.5 Å². The summed E-state index contributed by atoms with van der Waals surface area (Å²) >= 11 is 11.9. The van der Waals surface area contributed by atoms with E-state index in [1.165, 1.54) is 18.2 Å². The standard InChI is InChI=1S/C15H9Cl2FO3/c16-11-7-9(2-6-15(19)20)1-4-13(11)21-14-5-3-10(18)8-12(14)17/h1-8H,(H,19,20)/b6-2+. The minimum Gasteiger partial charge on any atom is -0.478 e. The highest BCUT2D eigenvalue weighted by Gasteiger charge is 2.08. The summed E-state index contributed by atoms with van der Waals surface area (Å²) < 4.78 is 18.5. The molecule has 0 bridgehead atoms. The van der Waals surface area contributed by atoms with Crippen LogP contribution in [-0.4, -0.2) is 11.1 Å². The van der Waals surface area contributed by atoms with Gasteiger partial charge in [0, 0.05) is 6.08 Å². The van der Waals surface area contributed by atoms with Crippen molar-refractivity contribution in [1.29, 1.82) is 0 Å². The van der Waals surface area contributed by atoms with E-state index in [4.69, 9.17) is 33.0 Å². The minimum absolute atomic E-state index is 0.126. The van der Waals surface area contributed by atoms with E-state index in [0.29, 0.717) is 11.3 Å². The average Bonchev–Trinajstić information content (AvgIpc) is 2.42. The molecule has 0 unspecified atom stereocenters. The van der Waals surface area contributed by atoms with E-state index in [1.54, 1.807) is 18.2 Å². The number of hydrogen-bond acceptors (Lipinski definition) is 2. The highest BCUT2D eigenvalue weighted by molar-refractivity contribution is 6.33. The summed E-state index contributed by atoms with van der Waals surface area (Å²) in [6.07, 6.45) is 2.41. The SMILES string of the molecule is O=C(O)/C=C/c1ccc(Oc2ccc(F)cc2Cl)c(Cl)c1. The molecule has 0 aliphatic heterocycles. The van der Waals surface area contributed by atoms with E-state index in [2.05, 4.69) is 0 Å². The first-order valence-corrected chi connectivity index (χ1v) is 6.55. The summed E-state index contributed by atoms with van der Waals surface area (Å²) in [7, 11) is 0. The third kappa shape index (κ3) is 4.21. The summed E-state index contributed by atoms with van der Waals surface area (Å²) in [4.78, 5) is 10.4. The Hall–Kier alpha value is -2.04. The van der Waals surface area contributed by atoms with Gasteiger partial charge in [0.15, 0.2) is 0 Å². The number of carboxylic acids is 1. The molecule has 2 rings (SSSR count). The molecule has 0 spiro atoms. The summed E-state index contributed by atoms with van der Waals surface area (Å²) in [5.41, 5.74) is 0.611. The van der Waals surface area contributed by atoms with Gasteiger partial charge in [0.2, 0.25) is 0 Å². The summed E-state index contributed by atoms with van der Waals surface area (Å²) in [6, 6.07) is 8.51. The fourth-order valence-electron chi connectivity index (χ4n) is 1.55. The maximum atomic E-state index is 12.9. The van der Waals surface area contributed by atoms with E-state index in [-0.39, 0.29) is 15.8 Å². The molecule has 0 aromatic heterocycles. The van der Waals surface area contributed by atoms with Crippen LogP contribution >= 0.6 is 23.2 Å². The van der Waals surface area contributed by atoms with E-state index in [1.807, 2.05) is 0 Å². The van der Waals surface area contributed by atoms with E-state index >= 15 is 0 Å². The highest BCUT2D eigenvalue weighted by atomic mass is 35.5. The highest BCUT2D eigenvalue weighted by Crippen LogP contribution is 2.34. The van der Waals surface area contributed by atoms with E-state index in [0.717, 1.165) is 12.1 Å². The van der Waals surface area contributed by atoms with Gasteiger partial charge in [-0.05, 0) is 42.0 Å². The van der Waals surface area contributed by atoms with Crippen molar-refractivity contribution >= 4 is 35.2 Å². The predicted molar refractivity (Wildman–Crippen MR) is 79.6 cm³/mol. The number of rotatable bonds is 4. The normalized spacial score (nSPS) is 10.8. The van der Waals surface area contributed by atoms with E-state index < -0.39 is 11.8 Å². The first-order chi connectivity index (χ1) is 9.95. The van der Waals surface area contributed by atoms with Crippen molar-refractivity contribution in [3.63, 3.8) is 0 Å². The molecule has 108 valence electrons. The van der Waals surface area contributed by atoms with Crippen LogP contribution in [0.4, 0.5) is 4.39 Å². The zero-order chi connectivity index (χ0) is 15.4. The lowest BCUT2D eigenvalue weighted by molar-refractivity contribution is -0.131. The molecule has 6 heteroatoms. The van der Waals surface area contributed by atoms with Gasteiger partial charge in [-0.15, -0.1) is 0 Å². The molecular formula is C15H9Cl2FO3. The molecule has 0 aliphatic rings. The van der Waals surface area contributed by atoms with Crippen molar-refractivity contribution in [2.24, 2.45) is 0 Å². The molecule has 0 aliphatic carbocycles. The van der Waals surface area contributed by atoms with Crippen LogP contribution in [0.25, 0.3) is 6.08 Å². The van der Waals surface area contributed by atoms with Gasteiger partial charge in [0.25, 0.3) is 0 Å². The summed E-state index contributed by atoms with van der Waals surface area (Å²) in [5, 5.41) is 8.96. The van der Waals surface area contributed by atoms with Crippen molar-refractivity contribution in [2.75, 3.05) is 0 Å².